The van der Waals surface area contributed by atoms with Crippen LogP contribution < -0.4 is 20.1 Å². The Morgan fingerprint density at radius 3 is 2.47 bits per heavy atom. The minimum atomic E-state index is -0.302. The van der Waals surface area contributed by atoms with E-state index < -0.39 is 0 Å². The molecule has 36 heavy (non-hydrogen) atoms. The molecule has 0 aliphatic rings. The second-order valence-corrected chi connectivity index (χ2v) is 8.08. The van der Waals surface area contributed by atoms with Gasteiger partial charge < -0.3 is 25.1 Å². The Hall–Kier alpha value is -4.59. The van der Waals surface area contributed by atoms with Gasteiger partial charge in [-0.25, -0.2) is 4.98 Å². The summed E-state index contributed by atoms with van der Waals surface area (Å²) in [5.41, 5.74) is 3.03. The predicted molar refractivity (Wildman–Crippen MR) is 138 cm³/mol. The highest BCUT2D eigenvalue weighted by Gasteiger charge is 2.17. The van der Waals surface area contributed by atoms with E-state index in [2.05, 4.69) is 20.6 Å². The van der Waals surface area contributed by atoms with Gasteiger partial charge in [0.2, 0.25) is 0 Å². The molecule has 1 atom stereocenters. The van der Waals surface area contributed by atoms with Crippen molar-refractivity contribution in [3.63, 3.8) is 0 Å². The Balaban J connectivity index is 1.31. The van der Waals surface area contributed by atoms with Gasteiger partial charge in [0.15, 0.2) is 6.61 Å². The van der Waals surface area contributed by atoms with Gasteiger partial charge in [-0.1, -0.05) is 43.3 Å². The monoisotopic (exact) mass is 484 g/mol. The molecule has 3 N–H and O–H groups in total. The lowest BCUT2D eigenvalue weighted by Gasteiger charge is -2.15. The van der Waals surface area contributed by atoms with Crippen LogP contribution >= 0.6 is 0 Å². The first kappa shape index (κ1) is 24.5. The summed E-state index contributed by atoms with van der Waals surface area (Å²) in [6, 6.07) is 23.4. The highest BCUT2D eigenvalue weighted by molar-refractivity contribution is 5.94. The van der Waals surface area contributed by atoms with Crippen molar-refractivity contribution in [2.24, 2.45) is 0 Å². The minimum absolute atomic E-state index is 0.164. The maximum atomic E-state index is 12.8. The van der Waals surface area contributed by atoms with Crippen molar-refractivity contribution < 1.29 is 19.1 Å². The summed E-state index contributed by atoms with van der Waals surface area (Å²) < 4.78 is 10.7. The molecule has 1 heterocycles. The topological polar surface area (TPSA) is 105 Å². The van der Waals surface area contributed by atoms with Gasteiger partial charge in [-0.2, -0.15) is 0 Å². The van der Waals surface area contributed by atoms with E-state index in [4.69, 9.17) is 9.47 Å². The van der Waals surface area contributed by atoms with Crippen LogP contribution in [0.2, 0.25) is 0 Å². The summed E-state index contributed by atoms with van der Waals surface area (Å²) in [6.07, 6.45) is 2.45. The number of hydrogen-bond donors (Lipinski definition) is 3. The number of benzene rings is 3. The number of nitrogens with zero attached hydrogens (tertiary/aromatic N) is 1. The summed E-state index contributed by atoms with van der Waals surface area (Å²) in [7, 11) is 1.56. The van der Waals surface area contributed by atoms with E-state index in [9.17, 15) is 9.59 Å². The number of nitrogens with one attached hydrogen (secondary N) is 3. The third-order valence-corrected chi connectivity index (χ3v) is 5.56. The third-order valence-electron chi connectivity index (χ3n) is 5.56. The van der Waals surface area contributed by atoms with E-state index in [1.165, 1.54) is 0 Å². The molecule has 2 amide bonds. The van der Waals surface area contributed by atoms with Gasteiger partial charge in [-0.05, 0) is 48.4 Å². The lowest BCUT2D eigenvalue weighted by atomic mass is 10.1. The molecule has 0 aliphatic heterocycles. The van der Waals surface area contributed by atoms with E-state index in [0.717, 1.165) is 11.3 Å². The number of aromatic amines is 1. The van der Waals surface area contributed by atoms with Crippen LogP contribution in [0.3, 0.4) is 0 Å². The van der Waals surface area contributed by atoms with Gasteiger partial charge in [0, 0.05) is 17.3 Å². The van der Waals surface area contributed by atoms with Crippen molar-refractivity contribution in [2.45, 2.75) is 19.4 Å². The van der Waals surface area contributed by atoms with Crippen LogP contribution in [0.5, 0.6) is 11.5 Å². The third kappa shape index (κ3) is 6.29. The van der Waals surface area contributed by atoms with E-state index in [1.54, 1.807) is 61.8 Å². The number of amides is 2. The number of carbonyl (C=O) groups is 2. The van der Waals surface area contributed by atoms with Crippen LogP contribution in [0.4, 0.5) is 5.69 Å². The summed E-state index contributed by atoms with van der Waals surface area (Å²) in [6.45, 7) is 1.83. The van der Waals surface area contributed by atoms with Crippen LogP contribution in [0.1, 0.15) is 35.6 Å². The summed E-state index contributed by atoms with van der Waals surface area (Å²) in [4.78, 5) is 32.8. The molecule has 0 fully saturated rings. The molecule has 0 saturated heterocycles. The van der Waals surface area contributed by atoms with E-state index in [-0.39, 0.29) is 24.5 Å². The van der Waals surface area contributed by atoms with Crippen LogP contribution in [0.25, 0.3) is 11.3 Å². The van der Waals surface area contributed by atoms with Crippen molar-refractivity contribution >= 4 is 17.5 Å². The van der Waals surface area contributed by atoms with Gasteiger partial charge in [0.1, 0.15) is 17.3 Å². The van der Waals surface area contributed by atoms with Crippen LogP contribution in [-0.4, -0.2) is 35.5 Å². The molecule has 0 saturated carbocycles. The SMILES string of the molecule is CCC(NC(=O)c1ccc(OCC(=O)Nc2cccc(OC)c2)cc1)c1ncc(-c2ccccc2)[nH]1. The Morgan fingerprint density at radius 2 is 1.75 bits per heavy atom. The smallest absolute Gasteiger partial charge is 0.262 e. The van der Waals surface area contributed by atoms with E-state index in [0.29, 0.717) is 35.0 Å². The van der Waals surface area contributed by atoms with Crippen LogP contribution in [0.15, 0.2) is 85.1 Å². The Bertz CT molecular complexity index is 1300. The Morgan fingerprint density at radius 1 is 0.972 bits per heavy atom. The van der Waals surface area contributed by atoms with Crippen LogP contribution in [-0.2, 0) is 4.79 Å². The fourth-order valence-electron chi connectivity index (χ4n) is 3.63. The van der Waals surface area contributed by atoms with Crippen molar-refractivity contribution in [2.75, 3.05) is 19.0 Å². The maximum absolute atomic E-state index is 12.8. The number of anilines is 1. The molecule has 1 aromatic heterocycles. The lowest BCUT2D eigenvalue weighted by molar-refractivity contribution is -0.118. The number of imidazole rings is 1. The van der Waals surface area contributed by atoms with Gasteiger partial charge in [-0.3, -0.25) is 9.59 Å². The number of ether oxygens (including phenoxy) is 2. The summed E-state index contributed by atoms with van der Waals surface area (Å²) in [5, 5.41) is 5.78. The van der Waals surface area contributed by atoms with E-state index >= 15 is 0 Å². The molecule has 3 aromatic carbocycles. The highest BCUT2D eigenvalue weighted by Crippen LogP contribution is 2.21. The second kappa shape index (κ2) is 11.7. The molecule has 8 nitrogen and oxygen atoms in total. The average Bonchev–Trinajstić information content (AvgIpc) is 3.41. The quantitative estimate of drug-likeness (QED) is 0.294. The zero-order valence-electron chi connectivity index (χ0n) is 20.2. The Labute approximate surface area is 209 Å². The number of hydrogen-bond acceptors (Lipinski definition) is 5. The molecule has 184 valence electrons. The molecule has 8 heteroatoms. The van der Waals surface area contributed by atoms with Crippen molar-refractivity contribution in [1.82, 2.24) is 15.3 Å². The molecular weight excluding hydrogens is 456 g/mol. The standard InChI is InChI=1S/C28H28N4O4/c1-3-24(27-29-17-25(31-27)19-8-5-4-6-9-19)32-28(34)20-12-14-22(15-13-20)36-18-26(33)30-21-10-7-11-23(16-21)35-2/h4-17,24H,3,18H2,1-2H3,(H,29,31)(H,30,33)(H,32,34). The maximum Gasteiger partial charge on any atom is 0.262 e. The average molecular weight is 485 g/mol. The zero-order valence-corrected chi connectivity index (χ0v) is 20.2. The number of aromatic nitrogens is 2. The van der Waals surface area contributed by atoms with Crippen molar-refractivity contribution in [1.29, 1.82) is 0 Å². The van der Waals surface area contributed by atoms with Crippen molar-refractivity contribution in [3.05, 3.63) is 96.4 Å². The first-order valence-corrected chi connectivity index (χ1v) is 11.6. The van der Waals surface area contributed by atoms with Crippen LogP contribution in [0, 0.1) is 0 Å². The molecular formula is C28H28N4O4. The molecule has 0 aliphatic carbocycles. The molecule has 4 rings (SSSR count). The first-order chi connectivity index (χ1) is 17.6. The number of rotatable bonds is 10. The number of methoxy groups -OCH3 is 1. The molecule has 4 aromatic rings. The lowest BCUT2D eigenvalue weighted by Crippen LogP contribution is -2.28. The van der Waals surface area contributed by atoms with Gasteiger partial charge in [-0.15, -0.1) is 0 Å². The fourth-order valence-corrected chi connectivity index (χ4v) is 3.63. The zero-order chi connectivity index (χ0) is 25.3. The van der Waals surface area contributed by atoms with Gasteiger partial charge in [0.25, 0.3) is 11.8 Å². The van der Waals surface area contributed by atoms with Crippen molar-refractivity contribution in [3.8, 4) is 22.8 Å². The number of H-pyrrole nitrogens is 1. The molecule has 0 bridgehead atoms. The number of carbonyl (C=O) groups excluding carboxylic acids is 2. The van der Waals surface area contributed by atoms with Gasteiger partial charge >= 0.3 is 0 Å². The fraction of sp³-hybridized carbons (Fsp3) is 0.179. The molecule has 0 spiro atoms. The summed E-state index contributed by atoms with van der Waals surface area (Å²) in [5.74, 6) is 1.31. The second-order valence-electron chi connectivity index (χ2n) is 8.08. The highest BCUT2D eigenvalue weighted by atomic mass is 16.5. The normalized spacial score (nSPS) is 11.4. The van der Waals surface area contributed by atoms with E-state index in [1.807, 2.05) is 37.3 Å². The molecule has 1 unspecified atom stereocenters. The minimum Gasteiger partial charge on any atom is -0.497 e. The Kier molecular flexibility index (Phi) is 7.97. The predicted octanol–water partition coefficient (Wildman–Crippen LogP) is 4.98. The molecule has 0 radical (unpaired) electrons. The largest absolute Gasteiger partial charge is 0.497 e. The van der Waals surface area contributed by atoms with Gasteiger partial charge in [0.05, 0.1) is 25.0 Å². The summed E-state index contributed by atoms with van der Waals surface area (Å²) >= 11 is 0. The first-order valence-electron chi connectivity index (χ1n) is 11.6.